The van der Waals surface area contributed by atoms with Gasteiger partial charge in [0.1, 0.15) is 0 Å². The predicted molar refractivity (Wildman–Crippen MR) is 66.8 cm³/mol. The maximum absolute atomic E-state index is 9.32. The predicted octanol–water partition coefficient (Wildman–Crippen LogP) is 3.15. The van der Waals surface area contributed by atoms with Crippen LogP contribution in [0.2, 0.25) is 0 Å². The van der Waals surface area contributed by atoms with E-state index in [1.165, 1.54) is 22.6 Å². The van der Waals surface area contributed by atoms with Gasteiger partial charge in [0.05, 0.1) is 11.5 Å². The van der Waals surface area contributed by atoms with Crippen LogP contribution in [0, 0.1) is 11.3 Å². The highest BCUT2D eigenvalue weighted by Gasteiger charge is 2.39. The molecule has 2 nitrogen and oxygen atoms in total. The quantitative estimate of drug-likeness (QED) is 0.805. The van der Waals surface area contributed by atoms with Crippen LogP contribution in [0.3, 0.4) is 0 Å². The molecule has 0 bridgehead atoms. The molecule has 3 heteroatoms. The number of nitrogens with zero attached hydrogens (tertiary/aromatic N) is 1. The first-order chi connectivity index (χ1) is 7.84. The molecule has 0 aromatic heterocycles. The highest BCUT2D eigenvalue weighted by atomic mass is 32.2. The molecule has 3 rings (SSSR count). The molecule has 1 fully saturated rings. The molecule has 1 aromatic carbocycles. The van der Waals surface area contributed by atoms with Crippen molar-refractivity contribution in [3.8, 4) is 6.07 Å². The Kier molecular flexibility index (Phi) is 2.33. The van der Waals surface area contributed by atoms with Gasteiger partial charge in [0.25, 0.3) is 0 Å². The summed E-state index contributed by atoms with van der Waals surface area (Å²) in [5.74, 6) is 1.13. The molecule has 2 aliphatic rings. The minimum Gasteiger partial charge on any atom is -0.383 e. The van der Waals surface area contributed by atoms with E-state index < -0.39 is 0 Å². The third-order valence-corrected chi connectivity index (χ3v) is 4.70. The third-order valence-electron chi connectivity index (χ3n) is 3.63. The summed E-state index contributed by atoms with van der Waals surface area (Å²) in [6.45, 7) is 1.03. The van der Waals surface area contributed by atoms with Crippen LogP contribution in [0.4, 0.5) is 5.69 Å². The number of hydrogen-bond donors (Lipinski definition) is 1. The van der Waals surface area contributed by atoms with Crippen LogP contribution in [0.15, 0.2) is 23.1 Å². The van der Waals surface area contributed by atoms with Gasteiger partial charge in [0.2, 0.25) is 0 Å². The van der Waals surface area contributed by atoms with Gasteiger partial charge in [-0.2, -0.15) is 5.26 Å². The van der Waals surface area contributed by atoms with Gasteiger partial charge in [-0.3, -0.25) is 0 Å². The average Bonchev–Trinajstić information content (AvgIpc) is 2.28. The second kappa shape index (κ2) is 3.71. The first kappa shape index (κ1) is 10.0. The first-order valence-corrected chi connectivity index (χ1v) is 6.75. The summed E-state index contributed by atoms with van der Waals surface area (Å²) < 4.78 is 0. The zero-order valence-electron chi connectivity index (χ0n) is 9.12. The minimum absolute atomic E-state index is 0.182. The average molecular weight is 230 g/mol. The number of thioether (sulfide) groups is 1. The fourth-order valence-electron chi connectivity index (χ4n) is 2.43. The zero-order valence-corrected chi connectivity index (χ0v) is 9.94. The molecule has 1 aliphatic carbocycles. The molecule has 0 radical (unpaired) electrons. The van der Waals surface area contributed by atoms with E-state index in [4.69, 9.17) is 0 Å². The van der Waals surface area contributed by atoms with Gasteiger partial charge < -0.3 is 5.32 Å². The van der Waals surface area contributed by atoms with Crippen molar-refractivity contribution >= 4 is 17.4 Å². The maximum atomic E-state index is 9.32. The Balaban J connectivity index is 2.00. The Labute approximate surface area is 100 Å². The normalized spacial score (nSPS) is 21.2. The van der Waals surface area contributed by atoms with Gasteiger partial charge in [-0.25, -0.2) is 0 Å². The Morgan fingerprint density at radius 1 is 1.38 bits per heavy atom. The summed E-state index contributed by atoms with van der Waals surface area (Å²) >= 11 is 1.90. The second-order valence-electron chi connectivity index (χ2n) is 4.53. The minimum atomic E-state index is -0.182. The smallest absolute Gasteiger partial charge is 0.0823 e. The van der Waals surface area contributed by atoms with E-state index in [-0.39, 0.29) is 5.41 Å². The molecule has 0 amide bonds. The van der Waals surface area contributed by atoms with E-state index in [9.17, 15) is 5.26 Å². The van der Waals surface area contributed by atoms with Crippen LogP contribution in [-0.2, 0) is 5.41 Å². The summed E-state index contributed by atoms with van der Waals surface area (Å²) in [7, 11) is 0. The molecule has 1 saturated carbocycles. The molecule has 16 heavy (non-hydrogen) atoms. The van der Waals surface area contributed by atoms with E-state index in [1.807, 2.05) is 11.8 Å². The topological polar surface area (TPSA) is 35.8 Å². The second-order valence-corrected chi connectivity index (χ2v) is 5.67. The Morgan fingerprint density at radius 3 is 2.94 bits per heavy atom. The number of nitrogens with one attached hydrogen (secondary N) is 1. The van der Waals surface area contributed by atoms with Gasteiger partial charge in [-0.15, -0.1) is 11.8 Å². The van der Waals surface area contributed by atoms with Crippen molar-refractivity contribution in [2.45, 2.75) is 29.6 Å². The summed E-state index contributed by atoms with van der Waals surface area (Å²) in [4.78, 5) is 1.32. The fraction of sp³-hybridized carbons (Fsp3) is 0.462. The molecular weight excluding hydrogens is 216 g/mol. The standard InChI is InChI=1S/C13H14N2S/c14-9-13(4-1-5-13)10-2-3-12-11(8-10)15-6-7-16-12/h2-3,8,15H,1,4-7H2. The van der Waals surface area contributed by atoms with Crippen molar-refractivity contribution < 1.29 is 0 Å². The van der Waals surface area contributed by atoms with Gasteiger partial charge in [0, 0.05) is 22.9 Å². The van der Waals surface area contributed by atoms with Gasteiger partial charge in [-0.05, 0) is 37.0 Å². The van der Waals surface area contributed by atoms with Crippen molar-refractivity contribution in [2.75, 3.05) is 17.6 Å². The molecular formula is C13H14N2S. The monoisotopic (exact) mass is 230 g/mol. The van der Waals surface area contributed by atoms with Crippen molar-refractivity contribution in [2.24, 2.45) is 0 Å². The van der Waals surface area contributed by atoms with Crippen molar-refractivity contribution in [3.05, 3.63) is 23.8 Å². The van der Waals surface area contributed by atoms with E-state index in [0.29, 0.717) is 0 Å². The van der Waals surface area contributed by atoms with E-state index >= 15 is 0 Å². The number of rotatable bonds is 1. The van der Waals surface area contributed by atoms with Crippen LogP contribution in [0.25, 0.3) is 0 Å². The van der Waals surface area contributed by atoms with E-state index in [0.717, 1.165) is 25.1 Å². The third kappa shape index (κ3) is 1.41. The van der Waals surface area contributed by atoms with Gasteiger partial charge >= 0.3 is 0 Å². The lowest BCUT2D eigenvalue weighted by atomic mass is 9.65. The van der Waals surface area contributed by atoms with E-state index in [1.54, 1.807) is 0 Å². The lowest BCUT2D eigenvalue weighted by Crippen LogP contribution is -2.32. The summed E-state index contributed by atoms with van der Waals surface area (Å²) in [5, 5.41) is 12.7. The summed E-state index contributed by atoms with van der Waals surface area (Å²) in [6.07, 6.45) is 3.23. The van der Waals surface area contributed by atoms with Crippen molar-refractivity contribution in [1.82, 2.24) is 0 Å². The molecule has 0 saturated heterocycles. The summed E-state index contributed by atoms with van der Waals surface area (Å²) in [5.41, 5.74) is 2.24. The molecule has 0 unspecified atom stereocenters. The molecule has 1 N–H and O–H groups in total. The lowest BCUT2D eigenvalue weighted by molar-refractivity contribution is 0.324. The van der Waals surface area contributed by atoms with Crippen LogP contribution < -0.4 is 5.32 Å². The molecule has 1 heterocycles. The van der Waals surface area contributed by atoms with Crippen molar-refractivity contribution in [3.63, 3.8) is 0 Å². The largest absolute Gasteiger partial charge is 0.383 e. The zero-order chi connectivity index (χ0) is 11.0. The Bertz CT molecular complexity index is 457. The number of anilines is 1. The molecule has 82 valence electrons. The number of benzene rings is 1. The van der Waals surface area contributed by atoms with Crippen LogP contribution in [0.1, 0.15) is 24.8 Å². The van der Waals surface area contributed by atoms with Crippen molar-refractivity contribution in [1.29, 1.82) is 5.26 Å². The van der Waals surface area contributed by atoms with E-state index in [2.05, 4.69) is 29.6 Å². The number of hydrogen-bond acceptors (Lipinski definition) is 3. The highest BCUT2D eigenvalue weighted by molar-refractivity contribution is 7.99. The van der Waals surface area contributed by atoms with Gasteiger partial charge in [-0.1, -0.05) is 6.07 Å². The van der Waals surface area contributed by atoms with Crippen LogP contribution in [0.5, 0.6) is 0 Å². The highest BCUT2D eigenvalue weighted by Crippen LogP contribution is 2.45. The van der Waals surface area contributed by atoms with Crippen LogP contribution in [-0.4, -0.2) is 12.3 Å². The fourth-order valence-corrected chi connectivity index (χ4v) is 3.31. The Morgan fingerprint density at radius 2 is 2.25 bits per heavy atom. The summed E-state index contributed by atoms with van der Waals surface area (Å²) in [6, 6.07) is 8.99. The molecule has 1 aliphatic heterocycles. The Hall–Kier alpha value is -1.14. The molecule has 0 atom stereocenters. The number of nitriles is 1. The SMILES string of the molecule is N#CC1(c2ccc3c(c2)NCCS3)CCC1. The molecule has 0 spiro atoms. The molecule has 1 aromatic rings. The van der Waals surface area contributed by atoms with Gasteiger partial charge in [0.15, 0.2) is 0 Å². The number of fused-ring (bicyclic) bond motifs is 1. The first-order valence-electron chi connectivity index (χ1n) is 5.77. The lowest BCUT2D eigenvalue weighted by Gasteiger charge is -2.36. The van der Waals surface area contributed by atoms with Crippen LogP contribution >= 0.6 is 11.8 Å². The maximum Gasteiger partial charge on any atom is 0.0823 e.